The van der Waals surface area contributed by atoms with Crippen LogP contribution in [0.15, 0.2) is 6.20 Å². The van der Waals surface area contributed by atoms with Gasteiger partial charge in [0.2, 0.25) is 0 Å². The summed E-state index contributed by atoms with van der Waals surface area (Å²) in [5, 5.41) is 11.0. The summed E-state index contributed by atoms with van der Waals surface area (Å²) >= 11 is 0. The molecule has 1 unspecified atom stereocenters. The summed E-state index contributed by atoms with van der Waals surface area (Å²) in [5.74, 6) is -0.267. The average molecular weight is 243 g/mol. The number of nitrogens with zero attached hydrogens (tertiary/aromatic N) is 2. The number of hydrogen-bond donors (Lipinski definition) is 2. The molecule has 0 bridgehead atoms. The normalized spacial score (nSPS) is 12.2. The van der Waals surface area contributed by atoms with Crippen LogP contribution in [0.1, 0.15) is 26.7 Å². The second kappa shape index (κ2) is 7.01. The average Bonchev–Trinajstić information content (AvgIpc) is 2.31. The van der Waals surface area contributed by atoms with Crippen molar-refractivity contribution < 1.29 is 14.2 Å². The van der Waals surface area contributed by atoms with Crippen LogP contribution in [-0.4, -0.2) is 28.4 Å². The number of anilines is 1. The van der Waals surface area contributed by atoms with Gasteiger partial charge in [0, 0.05) is 0 Å². The van der Waals surface area contributed by atoms with Gasteiger partial charge in [-0.15, -0.1) is 0 Å². The van der Waals surface area contributed by atoms with Crippen molar-refractivity contribution in [2.45, 2.75) is 26.7 Å². The Kier molecular flexibility index (Phi) is 5.62. The Morgan fingerprint density at radius 2 is 2.35 bits per heavy atom. The van der Waals surface area contributed by atoms with Crippen LogP contribution in [0.25, 0.3) is 0 Å². The lowest BCUT2D eigenvalue weighted by molar-refractivity contribution is 0.233. The molecule has 0 radical (unpaired) electrons. The van der Waals surface area contributed by atoms with E-state index in [9.17, 15) is 4.39 Å². The number of aliphatic hydroxyl groups excluding tert-OH is 1. The van der Waals surface area contributed by atoms with Crippen LogP contribution in [0, 0.1) is 11.7 Å². The lowest BCUT2D eigenvalue weighted by Gasteiger charge is -2.11. The van der Waals surface area contributed by atoms with Crippen molar-refractivity contribution in [3.05, 3.63) is 12.0 Å². The van der Waals surface area contributed by atoms with E-state index in [1.807, 2.05) is 0 Å². The molecule has 2 N–H and O–H groups in total. The SMILES string of the molecule is CCCC(C)COc1ncc(F)c(NCO)n1. The van der Waals surface area contributed by atoms with Crippen LogP contribution in [0.4, 0.5) is 10.2 Å². The second-order valence-corrected chi connectivity index (χ2v) is 3.89. The van der Waals surface area contributed by atoms with Gasteiger partial charge in [-0.3, -0.25) is 0 Å². The summed E-state index contributed by atoms with van der Waals surface area (Å²) in [4.78, 5) is 7.54. The molecule has 1 aromatic heterocycles. The molecule has 1 aromatic rings. The molecule has 1 rings (SSSR count). The highest BCUT2D eigenvalue weighted by atomic mass is 19.1. The lowest BCUT2D eigenvalue weighted by Crippen LogP contribution is -2.12. The minimum absolute atomic E-state index is 0.0550. The van der Waals surface area contributed by atoms with Crippen molar-refractivity contribution in [2.24, 2.45) is 5.92 Å². The summed E-state index contributed by atoms with van der Waals surface area (Å²) < 4.78 is 18.5. The van der Waals surface area contributed by atoms with Crippen LogP contribution in [0.2, 0.25) is 0 Å². The van der Waals surface area contributed by atoms with Gasteiger partial charge >= 0.3 is 6.01 Å². The quantitative estimate of drug-likeness (QED) is 0.715. The molecule has 17 heavy (non-hydrogen) atoms. The molecule has 0 aliphatic rings. The lowest BCUT2D eigenvalue weighted by atomic mass is 10.1. The molecule has 0 aliphatic carbocycles. The zero-order valence-electron chi connectivity index (χ0n) is 10.1. The van der Waals surface area contributed by atoms with Crippen LogP contribution in [0.3, 0.4) is 0 Å². The maximum atomic E-state index is 13.1. The standard InChI is InChI=1S/C11H18FN3O2/c1-3-4-8(2)6-17-11-13-5-9(12)10(15-11)14-7-16/h5,8,16H,3-4,6-7H2,1-2H3,(H,13,14,15). The van der Waals surface area contributed by atoms with E-state index in [4.69, 9.17) is 9.84 Å². The van der Waals surface area contributed by atoms with Crippen LogP contribution >= 0.6 is 0 Å². The molecule has 0 aliphatic heterocycles. The molecule has 1 heterocycles. The smallest absolute Gasteiger partial charge is 0.318 e. The van der Waals surface area contributed by atoms with Crippen molar-refractivity contribution in [1.82, 2.24) is 9.97 Å². The summed E-state index contributed by atoms with van der Waals surface area (Å²) in [6.07, 6.45) is 3.17. The van der Waals surface area contributed by atoms with Gasteiger partial charge in [-0.2, -0.15) is 4.98 Å². The van der Waals surface area contributed by atoms with E-state index >= 15 is 0 Å². The molecule has 0 spiro atoms. The third-order valence-corrected chi connectivity index (χ3v) is 2.25. The highest BCUT2D eigenvalue weighted by Gasteiger charge is 2.08. The second-order valence-electron chi connectivity index (χ2n) is 3.89. The molecule has 96 valence electrons. The van der Waals surface area contributed by atoms with Crippen molar-refractivity contribution in [1.29, 1.82) is 0 Å². The first kappa shape index (κ1) is 13.6. The van der Waals surface area contributed by atoms with Gasteiger partial charge in [0.1, 0.15) is 6.73 Å². The molecular formula is C11H18FN3O2. The van der Waals surface area contributed by atoms with Gasteiger partial charge in [-0.25, -0.2) is 9.37 Å². The summed E-state index contributed by atoms with van der Waals surface area (Å²) in [6, 6.07) is 0.116. The molecule has 0 amide bonds. The zero-order valence-corrected chi connectivity index (χ0v) is 10.1. The number of ether oxygens (including phenoxy) is 1. The first-order chi connectivity index (χ1) is 8.17. The number of hydrogen-bond acceptors (Lipinski definition) is 5. The maximum Gasteiger partial charge on any atom is 0.318 e. The van der Waals surface area contributed by atoms with Gasteiger partial charge in [-0.1, -0.05) is 20.3 Å². The minimum atomic E-state index is -0.618. The number of aromatic nitrogens is 2. The first-order valence-electron chi connectivity index (χ1n) is 5.67. The first-order valence-corrected chi connectivity index (χ1v) is 5.67. The topological polar surface area (TPSA) is 67.3 Å². The predicted octanol–water partition coefficient (Wildman–Crippen LogP) is 1.79. The van der Waals surface area contributed by atoms with E-state index in [1.54, 1.807) is 0 Å². The molecule has 0 saturated carbocycles. The van der Waals surface area contributed by atoms with Gasteiger partial charge < -0.3 is 15.2 Å². The number of aliphatic hydroxyl groups is 1. The van der Waals surface area contributed by atoms with E-state index in [2.05, 4.69) is 29.1 Å². The number of nitrogens with one attached hydrogen (secondary N) is 1. The van der Waals surface area contributed by atoms with E-state index < -0.39 is 5.82 Å². The van der Waals surface area contributed by atoms with Crippen LogP contribution in [-0.2, 0) is 0 Å². The van der Waals surface area contributed by atoms with E-state index in [1.165, 1.54) is 0 Å². The monoisotopic (exact) mass is 243 g/mol. The third kappa shape index (κ3) is 4.52. The fourth-order valence-corrected chi connectivity index (χ4v) is 1.41. The van der Waals surface area contributed by atoms with E-state index in [-0.39, 0.29) is 18.6 Å². The highest BCUT2D eigenvalue weighted by molar-refractivity contribution is 5.35. The molecule has 6 heteroatoms. The van der Waals surface area contributed by atoms with Gasteiger partial charge in [-0.05, 0) is 12.3 Å². The molecule has 1 atom stereocenters. The Bertz CT molecular complexity index is 349. The Balaban J connectivity index is 2.56. The molecule has 0 aromatic carbocycles. The Hall–Kier alpha value is -1.43. The van der Waals surface area contributed by atoms with Crippen molar-refractivity contribution >= 4 is 5.82 Å². The highest BCUT2D eigenvalue weighted by Crippen LogP contribution is 2.14. The fourth-order valence-electron chi connectivity index (χ4n) is 1.41. The van der Waals surface area contributed by atoms with Crippen molar-refractivity contribution in [2.75, 3.05) is 18.7 Å². The van der Waals surface area contributed by atoms with E-state index in [0.29, 0.717) is 12.5 Å². The summed E-state index contributed by atoms with van der Waals surface area (Å²) in [6.45, 7) is 4.28. The van der Waals surface area contributed by atoms with Crippen molar-refractivity contribution in [3.8, 4) is 6.01 Å². The largest absolute Gasteiger partial charge is 0.463 e. The predicted molar refractivity (Wildman–Crippen MR) is 62.3 cm³/mol. The zero-order chi connectivity index (χ0) is 12.7. The third-order valence-electron chi connectivity index (χ3n) is 2.25. The van der Waals surface area contributed by atoms with Crippen LogP contribution in [0.5, 0.6) is 6.01 Å². The van der Waals surface area contributed by atoms with Gasteiger partial charge in [0.05, 0.1) is 12.8 Å². The minimum Gasteiger partial charge on any atom is -0.463 e. The maximum absolute atomic E-state index is 13.1. The van der Waals surface area contributed by atoms with Gasteiger partial charge in [0.25, 0.3) is 0 Å². The molecule has 0 fully saturated rings. The van der Waals surface area contributed by atoms with E-state index in [0.717, 1.165) is 19.0 Å². The Morgan fingerprint density at radius 1 is 1.59 bits per heavy atom. The summed E-state index contributed by atoms with van der Waals surface area (Å²) in [7, 11) is 0. The molecule has 5 nitrogen and oxygen atoms in total. The number of halogens is 1. The number of rotatable bonds is 7. The Labute approximate surface area is 100 Å². The molecular weight excluding hydrogens is 225 g/mol. The van der Waals surface area contributed by atoms with Crippen molar-refractivity contribution in [3.63, 3.8) is 0 Å². The molecule has 0 saturated heterocycles. The fraction of sp³-hybridized carbons (Fsp3) is 0.636. The summed E-state index contributed by atoms with van der Waals surface area (Å²) in [5.41, 5.74) is 0. The Morgan fingerprint density at radius 3 is 3.00 bits per heavy atom. The van der Waals surface area contributed by atoms with Gasteiger partial charge in [0.15, 0.2) is 11.6 Å². The van der Waals surface area contributed by atoms with Crippen LogP contribution < -0.4 is 10.1 Å².